The lowest BCUT2D eigenvalue weighted by molar-refractivity contribution is 0.0994. The largest absolute Gasteiger partial charge is 0.338 e. The molecule has 3 heteroatoms. The third kappa shape index (κ3) is 0.867. The molecule has 0 radical (unpaired) electrons. The molecule has 0 aliphatic carbocycles. The fourth-order valence-corrected chi connectivity index (χ4v) is 2.04. The molecule has 1 aromatic heterocycles. The maximum Gasteiger partial charge on any atom is 0.181 e. The number of aromatic nitrogens is 1. The SMILES string of the molecule is O=C1CCn2c1cc1ccc(F)cc12. The molecule has 0 N–H and O–H groups in total. The zero-order valence-corrected chi connectivity index (χ0v) is 7.46. The second kappa shape index (κ2) is 2.44. The fourth-order valence-electron chi connectivity index (χ4n) is 2.04. The van der Waals surface area contributed by atoms with Crippen molar-refractivity contribution in [3.63, 3.8) is 0 Å². The molecule has 0 unspecified atom stereocenters. The summed E-state index contributed by atoms with van der Waals surface area (Å²) in [4.78, 5) is 11.4. The van der Waals surface area contributed by atoms with Crippen LogP contribution in [0.2, 0.25) is 0 Å². The Balaban J connectivity index is 2.41. The van der Waals surface area contributed by atoms with Crippen LogP contribution < -0.4 is 0 Å². The van der Waals surface area contributed by atoms with Crippen LogP contribution >= 0.6 is 0 Å². The van der Waals surface area contributed by atoms with Gasteiger partial charge in [0.05, 0.1) is 11.2 Å². The van der Waals surface area contributed by atoms with E-state index in [0.29, 0.717) is 18.7 Å². The molecule has 2 nitrogen and oxygen atoms in total. The first-order valence-electron chi connectivity index (χ1n) is 4.58. The molecule has 0 saturated carbocycles. The number of Topliss-reactive ketones (excluding diaryl/α,β-unsaturated/α-hetero) is 1. The summed E-state index contributed by atoms with van der Waals surface area (Å²) in [6, 6.07) is 6.45. The molecular weight excluding hydrogens is 181 g/mol. The molecule has 0 saturated heterocycles. The summed E-state index contributed by atoms with van der Waals surface area (Å²) in [6.07, 6.45) is 0.543. The Morgan fingerprint density at radius 1 is 1.29 bits per heavy atom. The molecule has 0 bridgehead atoms. The van der Waals surface area contributed by atoms with Crippen LogP contribution in [-0.2, 0) is 6.54 Å². The molecule has 3 rings (SSSR count). The molecule has 0 atom stereocenters. The van der Waals surface area contributed by atoms with Crippen molar-refractivity contribution in [3.8, 4) is 0 Å². The first kappa shape index (κ1) is 7.74. The zero-order valence-electron chi connectivity index (χ0n) is 7.46. The van der Waals surface area contributed by atoms with E-state index in [1.54, 1.807) is 6.07 Å². The van der Waals surface area contributed by atoms with Gasteiger partial charge in [0.15, 0.2) is 5.78 Å². The van der Waals surface area contributed by atoms with Crippen LogP contribution in [0.5, 0.6) is 0 Å². The van der Waals surface area contributed by atoms with Crippen molar-refractivity contribution in [2.75, 3.05) is 0 Å². The maximum atomic E-state index is 13.0. The fraction of sp³-hybridized carbons (Fsp3) is 0.182. The molecular formula is C11H8FNO. The van der Waals surface area contributed by atoms with E-state index in [1.807, 2.05) is 10.6 Å². The number of benzene rings is 1. The highest BCUT2D eigenvalue weighted by molar-refractivity contribution is 6.02. The van der Waals surface area contributed by atoms with E-state index >= 15 is 0 Å². The van der Waals surface area contributed by atoms with E-state index in [2.05, 4.69) is 0 Å². The summed E-state index contributed by atoms with van der Waals surface area (Å²) in [5.41, 5.74) is 1.54. The summed E-state index contributed by atoms with van der Waals surface area (Å²) >= 11 is 0. The van der Waals surface area contributed by atoms with Gasteiger partial charge in [0.1, 0.15) is 5.82 Å². The van der Waals surface area contributed by atoms with Gasteiger partial charge in [-0.3, -0.25) is 4.79 Å². The van der Waals surface area contributed by atoms with Gasteiger partial charge in [0, 0.05) is 18.4 Å². The summed E-state index contributed by atoms with van der Waals surface area (Å²) < 4.78 is 14.9. The van der Waals surface area contributed by atoms with E-state index in [1.165, 1.54) is 12.1 Å². The Morgan fingerprint density at radius 3 is 3.00 bits per heavy atom. The van der Waals surface area contributed by atoms with Gasteiger partial charge in [-0.05, 0) is 24.3 Å². The van der Waals surface area contributed by atoms with Crippen LogP contribution in [-0.4, -0.2) is 10.4 Å². The van der Waals surface area contributed by atoms with Gasteiger partial charge in [-0.15, -0.1) is 0 Å². The van der Waals surface area contributed by atoms with Crippen LogP contribution in [0.3, 0.4) is 0 Å². The number of aryl methyl sites for hydroxylation is 1. The highest BCUT2D eigenvalue weighted by atomic mass is 19.1. The second-order valence-electron chi connectivity index (χ2n) is 3.56. The van der Waals surface area contributed by atoms with Crippen LogP contribution in [0.15, 0.2) is 24.3 Å². The number of carbonyl (C=O) groups excluding carboxylic acids is 1. The quantitative estimate of drug-likeness (QED) is 0.623. The number of halogens is 1. The lowest BCUT2D eigenvalue weighted by Gasteiger charge is -1.98. The zero-order chi connectivity index (χ0) is 9.71. The summed E-state index contributed by atoms with van der Waals surface area (Å²) in [5, 5.41) is 0.939. The number of ketones is 1. The van der Waals surface area contributed by atoms with Gasteiger partial charge < -0.3 is 4.57 Å². The molecule has 14 heavy (non-hydrogen) atoms. The maximum absolute atomic E-state index is 13.0. The molecule has 0 amide bonds. The number of hydrogen-bond donors (Lipinski definition) is 0. The van der Waals surface area contributed by atoms with Crippen molar-refractivity contribution < 1.29 is 9.18 Å². The predicted molar refractivity (Wildman–Crippen MR) is 50.8 cm³/mol. The number of hydrogen-bond acceptors (Lipinski definition) is 1. The number of carbonyl (C=O) groups is 1. The van der Waals surface area contributed by atoms with Crippen molar-refractivity contribution in [1.29, 1.82) is 0 Å². The molecule has 0 fully saturated rings. The first-order valence-corrected chi connectivity index (χ1v) is 4.58. The highest BCUT2D eigenvalue weighted by Gasteiger charge is 2.21. The van der Waals surface area contributed by atoms with E-state index < -0.39 is 0 Å². The first-order chi connectivity index (χ1) is 6.75. The highest BCUT2D eigenvalue weighted by Crippen LogP contribution is 2.26. The van der Waals surface area contributed by atoms with Crippen LogP contribution in [0.25, 0.3) is 10.9 Å². The van der Waals surface area contributed by atoms with Crippen molar-refractivity contribution in [2.24, 2.45) is 0 Å². The molecule has 70 valence electrons. The minimum absolute atomic E-state index is 0.154. The summed E-state index contributed by atoms with van der Waals surface area (Å²) in [6.45, 7) is 0.682. The van der Waals surface area contributed by atoms with E-state index in [-0.39, 0.29) is 11.6 Å². The van der Waals surface area contributed by atoms with Crippen molar-refractivity contribution >= 4 is 16.7 Å². The van der Waals surface area contributed by atoms with Crippen LogP contribution in [0.4, 0.5) is 4.39 Å². The minimum atomic E-state index is -0.252. The van der Waals surface area contributed by atoms with Gasteiger partial charge >= 0.3 is 0 Å². The lowest BCUT2D eigenvalue weighted by Crippen LogP contribution is -1.92. The summed E-state index contributed by atoms with van der Waals surface area (Å²) in [5.74, 6) is -0.0978. The molecule has 1 aliphatic heterocycles. The average Bonchev–Trinajstić information content (AvgIpc) is 2.67. The second-order valence-corrected chi connectivity index (χ2v) is 3.56. The van der Waals surface area contributed by atoms with Gasteiger partial charge in [-0.2, -0.15) is 0 Å². The van der Waals surface area contributed by atoms with Crippen molar-refractivity contribution in [2.45, 2.75) is 13.0 Å². The number of fused-ring (bicyclic) bond motifs is 3. The topological polar surface area (TPSA) is 22.0 Å². The lowest BCUT2D eigenvalue weighted by atomic mass is 10.2. The minimum Gasteiger partial charge on any atom is -0.338 e. The molecule has 2 aromatic rings. The van der Waals surface area contributed by atoms with Crippen LogP contribution in [0.1, 0.15) is 16.9 Å². The Bertz CT molecular complexity index is 541. The summed E-state index contributed by atoms with van der Waals surface area (Å²) in [7, 11) is 0. The van der Waals surface area contributed by atoms with E-state index in [9.17, 15) is 9.18 Å². The smallest absolute Gasteiger partial charge is 0.181 e. The normalized spacial score (nSPS) is 15.1. The van der Waals surface area contributed by atoms with E-state index in [4.69, 9.17) is 0 Å². The Kier molecular flexibility index (Phi) is 1.35. The van der Waals surface area contributed by atoms with Crippen LogP contribution in [0, 0.1) is 5.82 Å². The van der Waals surface area contributed by atoms with Crippen molar-refractivity contribution in [3.05, 3.63) is 35.8 Å². The van der Waals surface area contributed by atoms with Gasteiger partial charge in [0.25, 0.3) is 0 Å². The monoisotopic (exact) mass is 189 g/mol. The Hall–Kier alpha value is -1.64. The molecule has 1 aromatic carbocycles. The van der Waals surface area contributed by atoms with E-state index in [0.717, 1.165) is 10.9 Å². The van der Waals surface area contributed by atoms with Gasteiger partial charge in [-0.25, -0.2) is 4.39 Å². The number of rotatable bonds is 0. The predicted octanol–water partition coefficient (Wildman–Crippen LogP) is 2.37. The number of nitrogens with zero attached hydrogens (tertiary/aromatic N) is 1. The standard InChI is InChI=1S/C11H8FNO/c12-8-2-1-7-5-10-11(14)3-4-13(10)9(7)6-8/h1-2,5-6H,3-4H2. The van der Waals surface area contributed by atoms with Gasteiger partial charge in [-0.1, -0.05) is 0 Å². The van der Waals surface area contributed by atoms with Gasteiger partial charge in [0.2, 0.25) is 0 Å². The average molecular weight is 189 g/mol. The Morgan fingerprint density at radius 2 is 2.14 bits per heavy atom. The molecule has 1 aliphatic rings. The van der Waals surface area contributed by atoms with Crippen molar-refractivity contribution in [1.82, 2.24) is 4.57 Å². The third-order valence-corrected chi connectivity index (χ3v) is 2.71. The Labute approximate surface area is 79.9 Å². The third-order valence-electron chi connectivity index (χ3n) is 2.71. The molecule has 2 heterocycles. The molecule has 0 spiro atoms.